The van der Waals surface area contributed by atoms with Crippen molar-refractivity contribution in [1.82, 2.24) is 57.3 Å². The molecule has 52 nitrogen and oxygen atoms in total. The van der Waals surface area contributed by atoms with Crippen LogP contribution in [0.15, 0.2) is 161 Å². The van der Waals surface area contributed by atoms with Crippen LogP contribution in [-0.4, -0.2) is 245 Å². The average molecular weight is 1910 g/mol. The molecule has 1 aromatic carbocycles. The van der Waals surface area contributed by atoms with Crippen LogP contribution in [0.5, 0.6) is 0 Å². The topological polar surface area (TPSA) is 707 Å². The average Bonchev–Trinajstić information content (AvgIpc) is 1.64. The Morgan fingerprint density at radius 3 is 1.05 bits per heavy atom. The van der Waals surface area contributed by atoms with E-state index < -0.39 is 207 Å². The van der Waals surface area contributed by atoms with E-state index in [1.54, 1.807) is 0 Å². The van der Waals surface area contributed by atoms with Crippen molar-refractivity contribution in [1.29, 1.82) is 0 Å². The van der Waals surface area contributed by atoms with E-state index in [4.69, 9.17) is 76.3 Å². The van der Waals surface area contributed by atoms with Crippen LogP contribution in [0.25, 0.3) is 0 Å². The number of carbonyl (C=O) groups is 1. The number of benzene rings is 1. The summed E-state index contributed by atoms with van der Waals surface area (Å²) in [6.45, 7) is 15.4. The fourth-order valence-electron chi connectivity index (χ4n) is 17.6. The molecule has 11 fully saturated rings. The van der Waals surface area contributed by atoms with E-state index in [0.717, 1.165) is 39.8 Å². The van der Waals surface area contributed by atoms with Gasteiger partial charge >= 0.3 is 63.6 Å². The third-order valence-corrected chi connectivity index (χ3v) is 28.8. The Hall–Kier alpha value is -9.46. The first-order valence-corrected chi connectivity index (χ1v) is 45.6. The fraction of sp³-hybridized carbons (Fsp3) is 0.592. The minimum absolute atomic E-state index is 0.00803. The zero-order valence-electron chi connectivity index (χ0n) is 71.1. The third-order valence-electron chi connectivity index (χ3n) is 25.0. The summed E-state index contributed by atoms with van der Waals surface area (Å²) < 4.78 is 128. The van der Waals surface area contributed by atoms with Gasteiger partial charge in [0.2, 0.25) is 0 Å². The highest BCUT2D eigenvalue weighted by molar-refractivity contribution is 7.66. The Labute approximate surface area is 735 Å². The first kappa shape index (κ1) is 99.0. The molecule has 11 saturated heterocycles. The number of aliphatic hydroxyl groups is 4. The summed E-state index contributed by atoms with van der Waals surface area (Å²) in [6, 6.07) is 17.0. The summed E-state index contributed by atoms with van der Waals surface area (Å²) in [5, 5.41) is 39.1. The highest BCUT2D eigenvalue weighted by Crippen LogP contribution is 2.67. The highest BCUT2D eigenvalue weighted by Gasteiger charge is 2.66. The van der Waals surface area contributed by atoms with Crippen LogP contribution in [-0.2, 0) is 99.8 Å². The van der Waals surface area contributed by atoms with Gasteiger partial charge in [-0.2, -0.15) is 8.62 Å². The van der Waals surface area contributed by atoms with Gasteiger partial charge in [-0.1, -0.05) is 78.8 Å². The predicted octanol–water partition coefficient (Wildman–Crippen LogP) is -3.07. The van der Waals surface area contributed by atoms with Crippen molar-refractivity contribution < 1.29 is 133 Å². The number of phosphoric ester groups is 1. The van der Waals surface area contributed by atoms with Crippen LogP contribution in [0, 0.1) is 17.8 Å². The monoisotopic (exact) mass is 1910 g/mol. The maximum Gasteiger partial charge on any atom is 0.490 e. The fourth-order valence-corrected chi connectivity index (χ4v) is 20.7. The van der Waals surface area contributed by atoms with Crippen molar-refractivity contribution in [3.63, 3.8) is 0 Å². The molecule has 0 amide bonds. The van der Waals surface area contributed by atoms with E-state index in [1.165, 1.54) is 86.5 Å². The molecule has 14 N–H and O–H groups in total. The number of esters is 1. The van der Waals surface area contributed by atoms with Gasteiger partial charge < -0.3 is 102 Å². The van der Waals surface area contributed by atoms with Crippen molar-refractivity contribution in [3.05, 3.63) is 235 Å². The molecule has 131 heavy (non-hydrogen) atoms. The van der Waals surface area contributed by atoms with Crippen LogP contribution in [0.4, 0.5) is 0 Å². The minimum Gasteiger partial charge on any atom is -0.455 e. The maximum atomic E-state index is 12.4. The minimum atomic E-state index is -5.72. The number of rotatable bonds is 23. The van der Waals surface area contributed by atoms with Crippen LogP contribution in [0.1, 0.15) is 124 Å². The summed E-state index contributed by atoms with van der Waals surface area (Å²) in [4.78, 5) is 198. The molecule has 718 valence electrons. The normalized spacial score (nSPS) is 33.6. The molecule has 0 spiro atoms. The standard InChI is InChI=1S/C21H26N2O6.2C12H16N2O4.C11H14N2O5.C10H15N2O15P3.C10H12N2O6/c1-4-21(5-2)18(27-13-15-9-7-6-8-10-15)17(28-14(3)24)19(29-21)23-12-11-16(25)22-20(23)26;2*1-3-12-6-17-9(7(12)2)10(18-12)14-5-4-8(15)13-11(14)16;1-6-8-9(18-11(6,4-14)5-17-8)13-3-2-7(15)12-10(13)16;13-5-1-2-12(9(15)11-5)8-6-7(14)10(25-8,3-23-6)4-24-29(19,20)27-30(21,22)26-28(16,17)18;13-3-10-4-17-6(7(10)15)8(18-10)12-2-1-5(14)11-9(12)16/h6-12,17-19H,4-5,13H2,1-3H3,(H,22,25,26);2*4-5,7,9-10H,3,6H2,1-2H3,(H,13,15,16);2-3,6,8-9,14H,4-5H2,1H3,(H,12,15,16);1-2,6-8,14H,3-4H2,(H,19,20)(H,21,22)(H,11,13,15)(H2,16,17,18);1-2,6-8,13,15H,3-4H2,(H,11,14,16)/t17-,18?,19+;2*7?,9-,10+,12-;6?,8-,9+,11-;6-,7?,8+,10+;6-,7?,8+,10-/m000000/s1. The number of fused-ring (bicyclic) bond motifs is 10. The lowest BCUT2D eigenvalue weighted by Crippen LogP contribution is -2.45. The summed E-state index contributed by atoms with van der Waals surface area (Å²) in [6.07, 6.45) is -0.0379. The Kier molecular flexibility index (Phi) is 29.4. The molecule has 6 aromatic heterocycles. The molecule has 17 heterocycles. The maximum absolute atomic E-state index is 12.4. The number of hydrogen-bond acceptors (Lipinski definition) is 36. The lowest BCUT2D eigenvalue weighted by molar-refractivity contribution is -0.187. The summed E-state index contributed by atoms with van der Waals surface area (Å²) >= 11 is 0. The quantitative estimate of drug-likeness (QED) is 0.0223. The number of phosphoric acid groups is 3. The number of hydrogen-bond donors (Lipinski definition) is 14. The second-order valence-electron chi connectivity index (χ2n) is 32.6. The number of aliphatic hydroxyl groups excluding tert-OH is 4. The van der Waals surface area contributed by atoms with Gasteiger partial charge in [0.25, 0.3) is 33.4 Å². The van der Waals surface area contributed by atoms with Crippen LogP contribution in [0.3, 0.4) is 0 Å². The second kappa shape index (κ2) is 38.9. The largest absolute Gasteiger partial charge is 0.490 e. The first-order chi connectivity index (χ1) is 61.8. The molecular weight excluding hydrogens is 1810 g/mol. The second-order valence-corrected chi connectivity index (χ2v) is 37.0. The molecule has 25 atom stereocenters. The number of nitrogens with one attached hydrogen (secondary N) is 6. The Morgan fingerprint density at radius 2 is 0.725 bits per heavy atom. The molecule has 0 saturated carbocycles. The number of ether oxygens (including phenoxy) is 13. The zero-order chi connectivity index (χ0) is 95.2. The lowest BCUT2D eigenvalue weighted by Gasteiger charge is -2.33. The van der Waals surface area contributed by atoms with Crippen LogP contribution >= 0.6 is 23.5 Å². The van der Waals surface area contributed by atoms with Gasteiger partial charge in [-0.3, -0.25) is 95.4 Å². The molecule has 11 aliphatic heterocycles. The van der Waals surface area contributed by atoms with E-state index in [2.05, 4.69) is 65.8 Å². The lowest BCUT2D eigenvalue weighted by atomic mass is 9.88. The Balaban J connectivity index is 0.000000136. The molecular formula is C76H99N12O40P3. The predicted molar refractivity (Wildman–Crippen MR) is 439 cm³/mol. The van der Waals surface area contributed by atoms with E-state index in [0.29, 0.717) is 39.3 Å². The number of aromatic nitrogens is 12. The van der Waals surface area contributed by atoms with Crippen LogP contribution < -0.4 is 67.5 Å². The number of aromatic amines is 6. The SMILES string of the molecule is CC1[C@@H]2OC[C@]1(CO)O[C@H]2n1ccc(=O)[nH]c1=O.CCC1(CC)O[C@@H](n2ccc(=O)[nH]c2=O)[C@@H](OC(C)=O)C1OCc1ccccc1.CC[C@]12CO[C@@H](C1C)[C@H](n1ccc(=O)[nH]c1=O)O2.CC[C@]12CO[C@@H](C1C)[C@H](n1ccc(=O)[nH]c1=O)O2.O=c1ccn([C@@H]2O[C@@]3(CO)CO[C@H]2C3O)c(=O)[nH]1.O=c1ccn([C@@H]2O[C@@]3(COP(=O)(O)OP(=O)(O)OP(=O)(O)O)CO[C@H]2C3O)c(=O)[nH]1. The summed E-state index contributed by atoms with van der Waals surface area (Å²) in [7, 11) is -16.7. The number of H-pyrrole nitrogens is 6. The smallest absolute Gasteiger partial charge is 0.455 e. The van der Waals surface area contributed by atoms with Gasteiger partial charge in [-0.05, 0) is 31.2 Å². The van der Waals surface area contributed by atoms with Crippen molar-refractivity contribution in [3.8, 4) is 0 Å². The molecule has 8 unspecified atom stereocenters. The number of nitrogens with zero attached hydrogens (tertiary/aromatic N) is 6. The van der Waals surface area contributed by atoms with Crippen molar-refractivity contribution >= 4 is 29.4 Å². The van der Waals surface area contributed by atoms with Gasteiger partial charge in [0.1, 0.15) is 71.2 Å². The van der Waals surface area contributed by atoms with Crippen LogP contribution in [0.2, 0.25) is 0 Å². The van der Waals surface area contributed by atoms with Gasteiger partial charge in [-0.25, -0.2) is 42.5 Å². The van der Waals surface area contributed by atoms with Gasteiger partial charge in [0, 0.05) is 98.3 Å². The Morgan fingerprint density at radius 1 is 0.412 bits per heavy atom. The first-order valence-electron chi connectivity index (χ1n) is 41.0. The molecule has 7 aromatic rings. The van der Waals surface area contributed by atoms with Crippen molar-refractivity contribution in [2.24, 2.45) is 17.8 Å². The van der Waals surface area contributed by atoms with Crippen molar-refractivity contribution in [2.45, 2.75) is 214 Å². The van der Waals surface area contributed by atoms with E-state index in [1.807, 2.05) is 56.1 Å². The zero-order valence-corrected chi connectivity index (χ0v) is 73.7. The Bertz CT molecular complexity index is 5830. The summed E-state index contributed by atoms with van der Waals surface area (Å²) in [5.74, 6) is -0.0265. The molecule has 0 aliphatic carbocycles. The molecule has 0 radical (unpaired) electrons. The molecule has 10 bridgehead atoms. The molecule has 55 heteroatoms. The van der Waals surface area contributed by atoms with Gasteiger partial charge in [0.15, 0.2) is 43.5 Å². The number of carbonyl (C=O) groups excluding carboxylic acids is 1. The van der Waals surface area contributed by atoms with E-state index in [9.17, 15) is 101 Å². The van der Waals surface area contributed by atoms with E-state index in [-0.39, 0.29) is 67.1 Å². The summed E-state index contributed by atoms with van der Waals surface area (Å²) in [5.41, 5.74) is -10.7. The highest BCUT2D eigenvalue weighted by atomic mass is 31.3. The van der Waals surface area contributed by atoms with Gasteiger partial charge in [-0.15, -0.1) is 0 Å². The third kappa shape index (κ3) is 20.1. The van der Waals surface area contributed by atoms with Gasteiger partial charge in [0.05, 0.1) is 70.7 Å². The van der Waals surface area contributed by atoms with E-state index >= 15 is 0 Å². The molecule has 18 rings (SSSR count). The van der Waals surface area contributed by atoms with Crippen molar-refractivity contribution in [2.75, 3.05) is 52.9 Å². The molecule has 11 aliphatic rings.